The van der Waals surface area contributed by atoms with Crippen LogP contribution in [0.15, 0.2) is 143 Å². The highest BCUT2D eigenvalue weighted by molar-refractivity contribution is 7.91. The topological polar surface area (TPSA) is 40.6 Å². The third-order valence-electron chi connectivity index (χ3n) is 7.14. The molecular weight excluding hydrogens is 464 g/mol. The van der Waals surface area contributed by atoms with Crippen molar-refractivity contribution in [2.24, 2.45) is 0 Å². The highest BCUT2D eigenvalue weighted by Gasteiger charge is 2.59. The second-order valence-corrected chi connectivity index (χ2v) is 10.9. The van der Waals surface area contributed by atoms with E-state index in [1.54, 1.807) is 24.3 Å². The van der Waals surface area contributed by atoms with Crippen LogP contribution < -0.4 is 9.80 Å². The summed E-state index contributed by atoms with van der Waals surface area (Å²) in [5.41, 5.74) is 4.47. The maximum Gasteiger partial charge on any atom is 0.207 e. The monoisotopic (exact) mass is 486 g/mol. The van der Waals surface area contributed by atoms with Gasteiger partial charge >= 0.3 is 0 Å². The van der Waals surface area contributed by atoms with Gasteiger partial charge < -0.3 is 9.80 Å². The van der Waals surface area contributed by atoms with E-state index in [4.69, 9.17) is 0 Å². The predicted molar refractivity (Wildman–Crippen MR) is 143 cm³/mol. The van der Waals surface area contributed by atoms with Crippen LogP contribution in [0.5, 0.6) is 0 Å². The summed E-state index contributed by atoms with van der Waals surface area (Å²) in [6.45, 7) is 0. The minimum atomic E-state index is -3.72. The van der Waals surface area contributed by atoms with Crippen LogP contribution in [0.2, 0.25) is 0 Å². The van der Waals surface area contributed by atoms with E-state index in [0.29, 0.717) is 9.79 Å². The highest BCUT2D eigenvalue weighted by Crippen LogP contribution is 2.62. The molecule has 0 radical (unpaired) electrons. The minimum Gasteiger partial charge on any atom is -0.308 e. The Kier molecular flexibility index (Phi) is 4.41. The number of rotatable bonds is 2. The summed E-state index contributed by atoms with van der Waals surface area (Å²) in [7, 11) is -3.72. The third-order valence-corrected chi connectivity index (χ3v) is 9.01. The van der Waals surface area contributed by atoms with E-state index < -0.39 is 15.5 Å². The van der Waals surface area contributed by atoms with Crippen LogP contribution in [0.3, 0.4) is 0 Å². The lowest BCUT2D eigenvalue weighted by atomic mass is 9.87. The van der Waals surface area contributed by atoms with Crippen molar-refractivity contribution < 1.29 is 8.42 Å². The summed E-state index contributed by atoms with van der Waals surface area (Å²) >= 11 is 0. The molecule has 2 aliphatic rings. The van der Waals surface area contributed by atoms with E-state index in [0.717, 1.165) is 33.9 Å². The summed E-state index contributed by atoms with van der Waals surface area (Å²) in [6, 6.07) is 43.6. The molecule has 0 bridgehead atoms. The fourth-order valence-corrected chi connectivity index (χ4v) is 7.57. The summed E-state index contributed by atoms with van der Waals surface area (Å²) in [5, 5.41) is 0. The first-order valence-electron chi connectivity index (χ1n) is 11.9. The van der Waals surface area contributed by atoms with Gasteiger partial charge in [-0.05, 0) is 48.5 Å². The Morgan fingerprint density at radius 3 is 1.25 bits per heavy atom. The molecule has 5 heteroatoms. The molecule has 0 aliphatic carbocycles. The standard InChI is InChI=1S/C31H22N2O2S/c34-36(35)29-21-11-7-17-25(29)31(26-18-8-12-22-30(26)36)32(23-13-3-1-4-14-23)27-19-9-10-20-28(27)33(31)24-15-5-2-6-16-24/h1-22H. The first-order chi connectivity index (χ1) is 17.6. The molecule has 174 valence electrons. The Balaban J connectivity index is 1.72. The molecule has 0 N–H and O–H groups in total. The first-order valence-corrected chi connectivity index (χ1v) is 13.4. The van der Waals surface area contributed by atoms with E-state index in [1.165, 1.54) is 0 Å². The number of nitrogens with zero attached hydrogens (tertiary/aromatic N) is 2. The molecule has 0 fully saturated rings. The lowest BCUT2D eigenvalue weighted by molar-refractivity contribution is 0.514. The maximum atomic E-state index is 14.0. The Bertz CT molecular complexity index is 1590. The number of para-hydroxylation sites is 4. The third kappa shape index (κ3) is 2.61. The van der Waals surface area contributed by atoms with Gasteiger partial charge in [-0.25, -0.2) is 8.42 Å². The van der Waals surface area contributed by atoms with Crippen molar-refractivity contribution in [2.75, 3.05) is 9.80 Å². The van der Waals surface area contributed by atoms with Crippen LogP contribution in [0, 0.1) is 0 Å². The van der Waals surface area contributed by atoms with Crippen molar-refractivity contribution in [3.05, 3.63) is 145 Å². The van der Waals surface area contributed by atoms with Gasteiger partial charge in [0, 0.05) is 22.5 Å². The van der Waals surface area contributed by atoms with E-state index in [2.05, 4.69) is 46.2 Å². The number of sulfone groups is 1. The van der Waals surface area contributed by atoms with E-state index >= 15 is 0 Å². The van der Waals surface area contributed by atoms with Gasteiger partial charge in [-0.3, -0.25) is 0 Å². The zero-order valence-corrected chi connectivity index (χ0v) is 20.1. The van der Waals surface area contributed by atoms with E-state index in [9.17, 15) is 8.42 Å². The van der Waals surface area contributed by atoms with Crippen molar-refractivity contribution in [2.45, 2.75) is 15.5 Å². The maximum absolute atomic E-state index is 14.0. The molecular formula is C31H22N2O2S. The molecule has 5 aromatic rings. The molecule has 36 heavy (non-hydrogen) atoms. The van der Waals surface area contributed by atoms with Gasteiger partial charge in [0.15, 0.2) is 5.66 Å². The number of anilines is 4. The molecule has 2 heterocycles. The fourth-order valence-electron chi connectivity index (χ4n) is 5.82. The smallest absolute Gasteiger partial charge is 0.207 e. The second kappa shape index (κ2) is 7.57. The molecule has 5 aromatic carbocycles. The van der Waals surface area contributed by atoms with Gasteiger partial charge in [-0.1, -0.05) is 84.9 Å². The van der Waals surface area contributed by atoms with Gasteiger partial charge in [-0.15, -0.1) is 0 Å². The summed E-state index contributed by atoms with van der Waals surface area (Å²) < 4.78 is 27.9. The van der Waals surface area contributed by atoms with Gasteiger partial charge in [-0.2, -0.15) is 0 Å². The van der Waals surface area contributed by atoms with Gasteiger partial charge in [0.1, 0.15) is 0 Å². The lowest BCUT2D eigenvalue weighted by Gasteiger charge is -2.49. The largest absolute Gasteiger partial charge is 0.308 e. The quantitative estimate of drug-likeness (QED) is 0.269. The summed E-state index contributed by atoms with van der Waals surface area (Å²) in [4.78, 5) is 5.25. The summed E-state index contributed by atoms with van der Waals surface area (Å²) in [6.07, 6.45) is 0. The normalized spacial score (nSPS) is 16.3. The Labute approximate surface area is 210 Å². The molecule has 0 amide bonds. The molecule has 0 saturated heterocycles. The van der Waals surface area contributed by atoms with E-state index in [-0.39, 0.29) is 0 Å². The average molecular weight is 487 g/mol. The van der Waals surface area contributed by atoms with E-state index in [1.807, 2.05) is 72.8 Å². The molecule has 0 atom stereocenters. The molecule has 0 unspecified atom stereocenters. The fraction of sp³-hybridized carbons (Fsp3) is 0.0323. The number of fused-ring (bicyclic) bond motifs is 5. The Hall–Kier alpha value is -4.35. The Morgan fingerprint density at radius 2 is 0.806 bits per heavy atom. The zero-order valence-electron chi connectivity index (χ0n) is 19.3. The number of benzene rings is 5. The molecule has 4 nitrogen and oxygen atoms in total. The van der Waals surface area contributed by atoms with Crippen molar-refractivity contribution >= 4 is 32.6 Å². The van der Waals surface area contributed by atoms with Crippen molar-refractivity contribution in [3.8, 4) is 0 Å². The molecule has 1 spiro atoms. The second-order valence-electron chi connectivity index (χ2n) is 9.00. The van der Waals surface area contributed by atoms with Crippen molar-refractivity contribution in [3.63, 3.8) is 0 Å². The van der Waals surface area contributed by atoms with Crippen molar-refractivity contribution in [1.82, 2.24) is 0 Å². The highest BCUT2D eigenvalue weighted by atomic mass is 32.2. The van der Waals surface area contributed by atoms with Crippen LogP contribution in [-0.2, 0) is 15.5 Å². The van der Waals surface area contributed by atoms with Crippen LogP contribution in [0.1, 0.15) is 11.1 Å². The SMILES string of the molecule is O=S1(=O)c2ccccc2C2(c3ccccc31)N(c1ccccc1)c1ccccc1N2c1ccccc1. The zero-order chi connectivity index (χ0) is 24.3. The van der Waals surface area contributed by atoms with Crippen LogP contribution >= 0.6 is 0 Å². The van der Waals surface area contributed by atoms with Crippen LogP contribution in [0.25, 0.3) is 0 Å². The lowest BCUT2D eigenvalue weighted by Crippen LogP contribution is -2.54. The molecule has 7 rings (SSSR count). The molecule has 0 saturated carbocycles. The number of hydrogen-bond acceptors (Lipinski definition) is 4. The molecule has 2 aliphatic heterocycles. The first kappa shape index (κ1) is 21.0. The minimum absolute atomic E-state index is 0.332. The summed E-state index contributed by atoms with van der Waals surface area (Å²) in [5.74, 6) is 0. The molecule has 0 aromatic heterocycles. The average Bonchev–Trinajstić information content (AvgIpc) is 3.25. The van der Waals surface area contributed by atoms with Crippen LogP contribution in [-0.4, -0.2) is 8.42 Å². The Morgan fingerprint density at radius 1 is 0.444 bits per heavy atom. The predicted octanol–water partition coefficient (Wildman–Crippen LogP) is 7.02. The van der Waals surface area contributed by atoms with Gasteiger partial charge in [0.05, 0.1) is 21.2 Å². The number of hydrogen-bond donors (Lipinski definition) is 0. The van der Waals surface area contributed by atoms with Gasteiger partial charge in [0.25, 0.3) is 0 Å². The van der Waals surface area contributed by atoms with Gasteiger partial charge in [0.2, 0.25) is 9.84 Å². The van der Waals surface area contributed by atoms with Crippen LogP contribution in [0.4, 0.5) is 22.7 Å². The van der Waals surface area contributed by atoms with Crippen molar-refractivity contribution in [1.29, 1.82) is 0 Å².